The van der Waals surface area contributed by atoms with Gasteiger partial charge in [0.05, 0.1) is 7.11 Å². The molecule has 0 aliphatic carbocycles. The molecule has 3 rings (SSSR count). The van der Waals surface area contributed by atoms with Gasteiger partial charge in [0.15, 0.2) is 12.2 Å². The van der Waals surface area contributed by atoms with E-state index in [9.17, 15) is 14.4 Å². The summed E-state index contributed by atoms with van der Waals surface area (Å²) >= 11 is 1.55. The van der Waals surface area contributed by atoms with E-state index in [4.69, 9.17) is 23.7 Å². The number of thiophene rings is 1. The molecule has 0 bridgehead atoms. The number of methoxy groups -OCH3 is 1. The Hall–Kier alpha value is -3.35. The minimum absolute atomic E-state index is 0.179. The van der Waals surface area contributed by atoms with Crippen LogP contribution in [0.2, 0.25) is 0 Å². The number of hydrogen-bond donors (Lipinski definition) is 0. The van der Waals surface area contributed by atoms with Gasteiger partial charge in [-0.15, -0.1) is 0 Å². The molecule has 0 amide bonds. The van der Waals surface area contributed by atoms with Gasteiger partial charge in [-0.25, -0.2) is 0 Å². The third-order valence-corrected chi connectivity index (χ3v) is 5.46. The minimum Gasteiger partial charge on any atom is -0.496 e. The van der Waals surface area contributed by atoms with Crippen LogP contribution >= 0.6 is 11.3 Å². The Labute approximate surface area is 195 Å². The number of ether oxygens (including phenoxy) is 5. The summed E-state index contributed by atoms with van der Waals surface area (Å²) in [7, 11) is 1.51. The molecule has 1 aromatic heterocycles. The van der Waals surface area contributed by atoms with Crippen molar-refractivity contribution >= 4 is 29.2 Å². The summed E-state index contributed by atoms with van der Waals surface area (Å²) in [6, 6.07) is 7.24. The zero-order valence-electron chi connectivity index (χ0n) is 18.7. The van der Waals surface area contributed by atoms with Crippen molar-refractivity contribution in [3.8, 4) is 17.6 Å². The highest BCUT2D eigenvalue weighted by Crippen LogP contribution is 2.41. The average Bonchev–Trinajstić information content (AvgIpc) is 3.39. The number of carbonyl (C=O) groups is 3. The van der Waals surface area contributed by atoms with Crippen molar-refractivity contribution in [3.63, 3.8) is 0 Å². The van der Waals surface area contributed by atoms with Crippen LogP contribution in [-0.2, 0) is 33.3 Å². The first-order valence-corrected chi connectivity index (χ1v) is 11.1. The molecule has 4 atom stereocenters. The largest absolute Gasteiger partial charge is 0.496 e. The fourth-order valence-corrected chi connectivity index (χ4v) is 4.07. The summed E-state index contributed by atoms with van der Waals surface area (Å²) in [5, 5.41) is 3.88. The van der Waals surface area contributed by atoms with Gasteiger partial charge in [-0.05, 0) is 29.6 Å². The fourth-order valence-electron chi connectivity index (χ4n) is 3.48. The maximum atomic E-state index is 11.9. The van der Waals surface area contributed by atoms with E-state index >= 15 is 0 Å². The quantitative estimate of drug-likeness (QED) is 0.360. The molecule has 2 aromatic rings. The van der Waals surface area contributed by atoms with E-state index in [0.29, 0.717) is 16.9 Å². The highest BCUT2D eigenvalue weighted by Gasteiger charge is 2.51. The van der Waals surface area contributed by atoms with Crippen LogP contribution in [0.1, 0.15) is 43.6 Å². The normalized spacial score (nSPS) is 21.5. The highest BCUT2D eigenvalue weighted by molar-refractivity contribution is 7.08. The molecule has 8 nitrogen and oxygen atoms in total. The molecule has 1 aliphatic rings. The SMILES string of the molecule is COc1ccc(C#Cc2ccsc2)cc1[C@@H]1O[C@H](COC(C)=O)[C@@H](OC(C)=O)[C@H]1OC(C)=O. The summed E-state index contributed by atoms with van der Waals surface area (Å²) in [6.07, 6.45) is -3.67. The predicted octanol–water partition coefficient (Wildman–Crippen LogP) is 3.02. The summed E-state index contributed by atoms with van der Waals surface area (Å²) < 4.78 is 27.6. The van der Waals surface area contributed by atoms with Crippen molar-refractivity contribution in [2.24, 2.45) is 0 Å². The first-order chi connectivity index (χ1) is 15.8. The highest BCUT2D eigenvalue weighted by atomic mass is 32.1. The van der Waals surface area contributed by atoms with Crippen LogP contribution in [0.4, 0.5) is 0 Å². The summed E-state index contributed by atoms with van der Waals surface area (Å²) in [5.74, 6) is 4.98. The predicted molar refractivity (Wildman–Crippen MR) is 119 cm³/mol. The van der Waals surface area contributed by atoms with Gasteiger partial charge in [-0.1, -0.05) is 11.8 Å². The first kappa shape index (κ1) is 24.3. The molecule has 1 fully saturated rings. The number of carbonyl (C=O) groups excluding carboxylic acids is 3. The molecular formula is C24H24O8S. The van der Waals surface area contributed by atoms with Gasteiger partial charge in [0.25, 0.3) is 0 Å². The molecule has 1 aliphatic heterocycles. The average molecular weight is 473 g/mol. The maximum absolute atomic E-state index is 11.9. The van der Waals surface area contributed by atoms with E-state index in [2.05, 4.69) is 11.8 Å². The standard InChI is InChI=1S/C24H24O8S/c1-14(25)29-12-21-23(30-15(2)26)24(31-16(3)27)22(32-21)19-11-17(7-8-20(19)28-4)5-6-18-9-10-33-13-18/h7-11,13,21-24H,12H2,1-4H3/t21-,22+,23-,24+/m1/s1. The second kappa shape index (κ2) is 11.0. The molecule has 0 spiro atoms. The van der Waals surface area contributed by atoms with Crippen LogP contribution in [0.3, 0.4) is 0 Å². The van der Waals surface area contributed by atoms with E-state index < -0.39 is 42.3 Å². The zero-order chi connectivity index (χ0) is 24.0. The zero-order valence-corrected chi connectivity index (χ0v) is 19.5. The Morgan fingerprint density at radius 3 is 2.27 bits per heavy atom. The summed E-state index contributed by atoms with van der Waals surface area (Å²) in [4.78, 5) is 35.0. The van der Waals surface area contributed by atoms with Crippen LogP contribution in [0, 0.1) is 11.8 Å². The van der Waals surface area contributed by atoms with Gasteiger partial charge in [0.2, 0.25) is 0 Å². The van der Waals surface area contributed by atoms with E-state index in [1.165, 1.54) is 27.9 Å². The van der Waals surface area contributed by atoms with Gasteiger partial charge < -0.3 is 23.7 Å². The summed E-state index contributed by atoms with van der Waals surface area (Å²) in [6.45, 7) is 3.57. The van der Waals surface area contributed by atoms with E-state index in [1.807, 2.05) is 16.8 Å². The van der Waals surface area contributed by atoms with E-state index in [-0.39, 0.29) is 6.61 Å². The Kier molecular flexibility index (Phi) is 8.09. The molecule has 33 heavy (non-hydrogen) atoms. The number of hydrogen-bond acceptors (Lipinski definition) is 9. The number of esters is 3. The van der Waals surface area contributed by atoms with Crippen molar-refractivity contribution < 1.29 is 38.1 Å². The molecule has 0 radical (unpaired) electrons. The van der Waals surface area contributed by atoms with Crippen LogP contribution in [0.25, 0.3) is 0 Å². The second-order valence-electron chi connectivity index (χ2n) is 7.26. The Balaban J connectivity index is 2.01. The van der Waals surface area contributed by atoms with Crippen LogP contribution < -0.4 is 4.74 Å². The lowest BCUT2D eigenvalue weighted by Crippen LogP contribution is -2.40. The minimum atomic E-state index is -0.985. The topological polar surface area (TPSA) is 97.4 Å². The van der Waals surface area contributed by atoms with Gasteiger partial charge in [0.1, 0.15) is 24.6 Å². The van der Waals surface area contributed by atoms with Crippen molar-refractivity contribution in [1.29, 1.82) is 0 Å². The second-order valence-corrected chi connectivity index (χ2v) is 8.04. The molecular weight excluding hydrogens is 448 g/mol. The molecule has 1 aromatic carbocycles. The lowest BCUT2D eigenvalue weighted by molar-refractivity contribution is -0.165. The Bertz CT molecular complexity index is 1070. The molecule has 1 saturated heterocycles. The Morgan fingerprint density at radius 2 is 1.67 bits per heavy atom. The van der Waals surface area contributed by atoms with Crippen LogP contribution in [0.5, 0.6) is 5.75 Å². The van der Waals surface area contributed by atoms with Gasteiger partial charge in [-0.3, -0.25) is 14.4 Å². The lowest BCUT2D eigenvalue weighted by atomic mass is 9.98. The van der Waals surface area contributed by atoms with Gasteiger partial charge in [0, 0.05) is 42.8 Å². The van der Waals surface area contributed by atoms with E-state index in [0.717, 1.165) is 5.56 Å². The molecule has 9 heteroatoms. The first-order valence-electron chi connectivity index (χ1n) is 10.1. The van der Waals surface area contributed by atoms with E-state index in [1.54, 1.807) is 29.5 Å². The van der Waals surface area contributed by atoms with Gasteiger partial charge in [-0.2, -0.15) is 11.3 Å². The van der Waals surface area contributed by atoms with Crippen molar-refractivity contribution in [3.05, 3.63) is 51.7 Å². The molecule has 0 N–H and O–H groups in total. The van der Waals surface area contributed by atoms with Crippen molar-refractivity contribution in [1.82, 2.24) is 0 Å². The maximum Gasteiger partial charge on any atom is 0.303 e. The molecule has 2 heterocycles. The molecule has 0 unspecified atom stereocenters. The lowest BCUT2D eigenvalue weighted by Gasteiger charge is -2.24. The molecule has 174 valence electrons. The summed E-state index contributed by atoms with van der Waals surface area (Å²) in [5.41, 5.74) is 2.14. The number of benzene rings is 1. The Morgan fingerprint density at radius 1 is 0.970 bits per heavy atom. The molecule has 0 saturated carbocycles. The van der Waals surface area contributed by atoms with Crippen molar-refractivity contribution in [2.75, 3.05) is 13.7 Å². The third-order valence-electron chi connectivity index (χ3n) is 4.77. The fraction of sp³-hybridized carbons (Fsp3) is 0.375. The smallest absolute Gasteiger partial charge is 0.303 e. The third kappa shape index (κ3) is 6.34. The van der Waals surface area contributed by atoms with Crippen LogP contribution in [0.15, 0.2) is 35.0 Å². The van der Waals surface area contributed by atoms with Crippen molar-refractivity contribution in [2.45, 2.75) is 45.2 Å². The van der Waals surface area contributed by atoms with Crippen LogP contribution in [-0.4, -0.2) is 49.9 Å². The monoisotopic (exact) mass is 472 g/mol. The number of rotatable bonds is 6. The van der Waals surface area contributed by atoms with Gasteiger partial charge >= 0.3 is 17.9 Å².